The van der Waals surface area contributed by atoms with Crippen molar-refractivity contribution in [3.63, 3.8) is 0 Å². The van der Waals surface area contributed by atoms with E-state index in [0.29, 0.717) is 10.9 Å². The van der Waals surface area contributed by atoms with Gasteiger partial charge < -0.3 is 5.32 Å². The summed E-state index contributed by atoms with van der Waals surface area (Å²) in [6.07, 6.45) is 3.19. The Hall–Kier alpha value is -0.140. The van der Waals surface area contributed by atoms with Crippen LogP contribution in [0.2, 0.25) is 4.34 Å². The van der Waals surface area contributed by atoms with Gasteiger partial charge in [0.15, 0.2) is 0 Å². The van der Waals surface area contributed by atoms with E-state index in [4.69, 9.17) is 11.6 Å². The summed E-state index contributed by atoms with van der Waals surface area (Å²) in [6, 6.07) is 3.76. The molecular formula is C12H19ClN2O2S2. The molecule has 1 fully saturated rings. The van der Waals surface area contributed by atoms with Crippen molar-refractivity contribution in [1.29, 1.82) is 0 Å². The fourth-order valence-corrected chi connectivity index (χ4v) is 4.81. The van der Waals surface area contributed by atoms with Gasteiger partial charge in [0, 0.05) is 24.5 Å². The molecule has 1 aliphatic rings. The second-order valence-corrected chi connectivity index (χ2v) is 8.81. The number of halogens is 1. The molecule has 1 N–H and O–H groups in total. The fraction of sp³-hybridized carbons (Fsp3) is 0.667. The maximum Gasteiger partial charge on any atom is 0.215 e. The van der Waals surface area contributed by atoms with E-state index < -0.39 is 10.0 Å². The SMILES string of the molecule is CN(Cc1ccc(Cl)s1)S(=O)(=O)CC1CCCCN1. The van der Waals surface area contributed by atoms with Gasteiger partial charge in [0.2, 0.25) is 10.0 Å². The molecule has 1 aromatic heterocycles. The number of hydrogen-bond acceptors (Lipinski definition) is 4. The van der Waals surface area contributed by atoms with E-state index in [-0.39, 0.29) is 11.8 Å². The monoisotopic (exact) mass is 322 g/mol. The molecule has 0 aliphatic carbocycles. The van der Waals surface area contributed by atoms with Gasteiger partial charge in [-0.25, -0.2) is 8.42 Å². The number of nitrogens with zero attached hydrogens (tertiary/aromatic N) is 1. The molecule has 0 saturated carbocycles. The molecule has 0 aromatic carbocycles. The summed E-state index contributed by atoms with van der Waals surface area (Å²) in [5, 5.41) is 3.27. The molecule has 7 heteroatoms. The van der Waals surface area contributed by atoms with Crippen molar-refractivity contribution in [3.8, 4) is 0 Å². The maximum atomic E-state index is 12.3. The average Bonchev–Trinajstić information content (AvgIpc) is 2.75. The van der Waals surface area contributed by atoms with Crippen LogP contribution in [-0.4, -0.2) is 38.1 Å². The molecule has 1 aromatic rings. The van der Waals surface area contributed by atoms with E-state index in [1.807, 2.05) is 6.07 Å². The van der Waals surface area contributed by atoms with Gasteiger partial charge in [-0.05, 0) is 31.5 Å². The quantitative estimate of drug-likeness (QED) is 0.905. The van der Waals surface area contributed by atoms with Gasteiger partial charge in [0.1, 0.15) is 0 Å². The van der Waals surface area contributed by atoms with Crippen molar-refractivity contribution in [2.75, 3.05) is 19.3 Å². The normalized spacial score (nSPS) is 20.9. The Morgan fingerprint density at radius 2 is 2.26 bits per heavy atom. The molecule has 1 atom stereocenters. The average molecular weight is 323 g/mol. The van der Waals surface area contributed by atoms with Crippen molar-refractivity contribution in [2.24, 2.45) is 0 Å². The predicted octanol–water partition coefficient (Wildman–Crippen LogP) is 2.31. The fourth-order valence-electron chi connectivity index (χ4n) is 2.20. The highest BCUT2D eigenvalue weighted by Gasteiger charge is 2.24. The summed E-state index contributed by atoms with van der Waals surface area (Å²) >= 11 is 7.28. The second-order valence-electron chi connectivity index (χ2n) is 4.89. The van der Waals surface area contributed by atoms with Gasteiger partial charge in [0.05, 0.1) is 10.1 Å². The summed E-state index contributed by atoms with van der Waals surface area (Å²) in [5.41, 5.74) is 0. The molecule has 0 amide bonds. The summed E-state index contributed by atoms with van der Waals surface area (Å²) in [6.45, 7) is 1.32. The molecule has 4 nitrogen and oxygen atoms in total. The van der Waals surface area contributed by atoms with Gasteiger partial charge in [-0.1, -0.05) is 18.0 Å². The Bertz CT molecular complexity index is 510. The largest absolute Gasteiger partial charge is 0.313 e. The van der Waals surface area contributed by atoms with Crippen LogP contribution in [0.5, 0.6) is 0 Å². The number of hydrogen-bond donors (Lipinski definition) is 1. The Labute approximate surface area is 123 Å². The van der Waals surface area contributed by atoms with Crippen LogP contribution in [0.4, 0.5) is 0 Å². The van der Waals surface area contributed by atoms with Gasteiger partial charge in [0.25, 0.3) is 0 Å². The summed E-state index contributed by atoms with van der Waals surface area (Å²) in [7, 11) is -1.58. The molecule has 2 rings (SSSR count). The molecule has 2 heterocycles. The van der Waals surface area contributed by atoms with Crippen LogP contribution in [-0.2, 0) is 16.6 Å². The number of piperidine rings is 1. The zero-order chi connectivity index (χ0) is 13.9. The lowest BCUT2D eigenvalue weighted by Gasteiger charge is -2.25. The molecule has 1 saturated heterocycles. The molecule has 1 aliphatic heterocycles. The first-order valence-corrected chi connectivity index (χ1v) is 9.19. The standard InChI is InChI=1S/C12H19ClN2O2S2/c1-15(8-11-5-6-12(13)18-11)19(16,17)9-10-4-2-3-7-14-10/h5-6,10,14H,2-4,7-9H2,1H3. The van der Waals surface area contributed by atoms with Crippen LogP contribution in [0.3, 0.4) is 0 Å². The van der Waals surface area contributed by atoms with Crippen LogP contribution in [0.25, 0.3) is 0 Å². The molecule has 0 bridgehead atoms. The van der Waals surface area contributed by atoms with Crippen molar-refractivity contribution in [2.45, 2.75) is 31.8 Å². The van der Waals surface area contributed by atoms with Crippen LogP contribution in [0, 0.1) is 0 Å². The molecule has 0 spiro atoms. The van der Waals surface area contributed by atoms with Crippen molar-refractivity contribution < 1.29 is 8.42 Å². The molecule has 1 unspecified atom stereocenters. The number of nitrogens with one attached hydrogen (secondary N) is 1. The van der Waals surface area contributed by atoms with Gasteiger partial charge in [-0.2, -0.15) is 4.31 Å². The zero-order valence-corrected chi connectivity index (χ0v) is 13.3. The Morgan fingerprint density at radius 1 is 1.47 bits per heavy atom. The minimum atomic E-state index is -3.21. The highest BCUT2D eigenvalue weighted by atomic mass is 35.5. The van der Waals surface area contributed by atoms with Crippen molar-refractivity contribution in [3.05, 3.63) is 21.3 Å². The first-order chi connectivity index (χ1) is 8.97. The topological polar surface area (TPSA) is 49.4 Å². The Morgan fingerprint density at radius 3 is 2.84 bits per heavy atom. The van der Waals surface area contributed by atoms with Crippen LogP contribution >= 0.6 is 22.9 Å². The second kappa shape index (κ2) is 6.54. The molecule has 19 heavy (non-hydrogen) atoms. The lowest BCUT2D eigenvalue weighted by molar-refractivity contribution is 0.408. The van der Waals surface area contributed by atoms with Crippen LogP contribution in [0.1, 0.15) is 24.1 Å². The minimum absolute atomic E-state index is 0.0909. The molecular weight excluding hydrogens is 304 g/mol. The third-order valence-corrected chi connectivity index (χ3v) is 6.42. The summed E-state index contributed by atoms with van der Waals surface area (Å²) < 4.78 is 26.6. The summed E-state index contributed by atoms with van der Waals surface area (Å²) in [4.78, 5) is 0.965. The van der Waals surface area contributed by atoms with E-state index in [2.05, 4.69) is 5.32 Å². The molecule has 0 radical (unpaired) electrons. The predicted molar refractivity (Wildman–Crippen MR) is 80.2 cm³/mol. The first kappa shape index (κ1) is 15.3. The van der Waals surface area contributed by atoms with Gasteiger partial charge >= 0.3 is 0 Å². The van der Waals surface area contributed by atoms with E-state index in [0.717, 1.165) is 30.7 Å². The maximum absolute atomic E-state index is 12.3. The number of rotatable bonds is 5. The smallest absolute Gasteiger partial charge is 0.215 e. The van der Waals surface area contributed by atoms with Crippen LogP contribution < -0.4 is 5.32 Å². The highest BCUT2D eigenvalue weighted by molar-refractivity contribution is 7.89. The van der Waals surface area contributed by atoms with E-state index >= 15 is 0 Å². The third-order valence-electron chi connectivity index (χ3n) is 3.31. The van der Waals surface area contributed by atoms with E-state index in [1.54, 1.807) is 13.1 Å². The van der Waals surface area contributed by atoms with E-state index in [1.165, 1.54) is 15.6 Å². The first-order valence-electron chi connectivity index (χ1n) is 6.39. The lowest BCUT2D eigenvalue weighted by Crippen LogP contribution is -2.42. The third kappa shape index (κ3) is 4.43. The highest BCUT2D eigenvalue weighted by Crippen LogP contribution is 2.23. The molecule has 108 valence electrons. The van der Waals surface area contributed by atoms with Gasteiger partial charge in [-0.15, -0.1) is 11.3 Å². The number of thiophene rings is 1. The Kier molecular flexibility index (Phi) is 5.25. The number of sulfonamides is 1. The minimum Gasteiger partial charge on any atom is -0.313 e. The van der Waals surface area contributed by atoms with E-state index in [9.17, 15) is 8.42 Å². The van der Waals surface area contributed by atoms with Crippen LogP contribution in [0.15, 0.2) is 12.1 Å². The Balaban J connectivity index is 1.94. The lowest BCUT2D eigenvalue weighted by atomic mass is 10.1. The van der Waals surface area contributed by atoms with Crippen molar-refractivity contribution >= 4 is 33.0 Å². The van der Waals surface area contributed by atoms with Gasteiger partial charge in [-0.3, -0.25) is 0 Å². The zero-order valence-electron chi connectivity index (χ0n) is 10.9. The summed E-state index contributed by atoms with van der Waals surface area (Å²) in [5.74, 6) is 0.183. The van der Waals surface area contributed by atoms with Crippen molar-refractivity contribution in [1.82, 2.24) is 9.62 Å².